The Hall–Kier alpha value is -1.95. The van der Waals surface area contributed by atoms with Crippen molar-refractivity contribution in [1.82, 2.24) is 9.80 Å². The number of nitrogens with one attached hydrogen (secondary N) is 1. The van der Waals surface area contributed by atoms with Crippen LogP contribution in [0.5, 0.6) is 5.75 Å². The average molecular weight is 354 g/mol. The number of methoxy groups -OCH3 is 1. The van der Waals surface area contributed by atoms with Crippen molar-refractivity contribution in [3.63, 3.8) is 0 Å². The van der Waals surface area contributed by atoms with Crippen LogP contribution < -0.4 is 10.1 Å². The maximum atomic E-state index is 12.4. The maximum Gasteiger partial charge on any atom is 0.321 e. The molecule has 3 amide bonds. The minimum atomic E-state index is -0.239. The highest BCUT2D eigenvalue weighted by Gasteiger charge is 2.30. The summed E-state index contributed by atoms with van der Waals surface area (Å²) in [7, 11) is 3.26. The van der Waals surface area contributed by atoms with E-state index in [4.69, 9.17) is 16.3 Å². The van der Waals surface area contributed by atoms with Crippen molar-refractivity contribution in [2.75, 3.05) is 39.1 Å². The fourth-order valence-corrected chi connectivity index (χ4v) is 3.05. The lowest BCUT2D eigenvalue weighted by atomic mass is 10.1. The standard InChI is InChI=1S/C17H24ClN3O3/c1-5-21-10-12(7-16(21)22)9-20(3)17(23)19-14-6-11(2)13(18)8-15(14)24-4/h6,8,12H,5,7,9-10H2,1-4H3,(H,19,23). The molecule has 1 aromatic carbocycles. The number of urea groups is 1. The zero-order valence-electron chi connectivity index (χ0n) is 14.6. The van der Waals surface area contributed by atoms with E-state index >= 15 is 0 Å². The Kier molecular flexibility index (Phi) is 5.94. The van der Waals surface area contributed by atoms with Crippen molar-refractivity contribution in [1.29, 1.82) is 0 Å². The van der Waals surface area contributed by atoms with Crippen LogP contribution in [-0.2, 0) is 4.79 Å². The second kappa shape index (κ2) is 7.75. The Balaban J connectivity index is 2.00. The minimum Gasteiger partial charge on any atom is -0.495 e. The lowest BCUT2D eigenvalue weighted by Gasteiger charge is -2.22. The van der Waals surface area contributed by atoms with Gasteiger partial charge in [0.25, 0.3) is 0 Å². The van der Waals surface area contributed by atoms with Gasteiger partial charge >= 0.3 is 6.03 Å². The summed E-state index contributed by atoms with van der Waals surface area (Å²) in [6.07, 6.45) is 0.495. The normalized spacial score (nSPS) is 17.1. The number of nitrogens with zero attached hydrogens (tertiary/aromatic N) is 2. The largest absolute Gasteiger partial charge is 0.495 e. The SMILES string of the molecule is CCN1CC(CN(C)C(=O)Nc2cc(C)c(Cl)cc2OC)CC1=O. The lowest BCUT2D eigenvalue weighted by molar-refractivity contribution is -0.127. The summed E-state index contributed by atoms with van der Waals surface area (Å²) in [6.45, 7) is 5.78. The van der Waals surface area contributed by atoms with Crippen molar-refractivity contribution in [3.8, 4) is 5.75 Å². The van der Waals surface area contributed by atoms with Crippen molar-refractivity contribution in [2.45, 2.75) is 20.3 Å². The first-order valence-corrected chi connectivity index (χ1v) is 8.37. The fourth-order valence-electron chi connectivity index (χ4n) is 2.89. The molecule has 1 saturated heterocycles. The summed E-state index contributed by atoms with van der Waals surface area (Å²) in [5, 5.41) is 3.43. The highest BCUT2D eigenvalue weighted by atomic mass is 35.5. The molecule has 0 radical (unpaired) electrons. The van der Waals surface area contributed by atoms with Gasteiger partial charge in [0.05, 0.1) is 12.8 Å². The Morgan fingerprint density at radius 2 is 2.21 bits per heavy atom. The van der Waals surface area contributed by atoms with Crippen LogP contribution in [0.2, 0.25) is 5.02 Å². The molecule has 1 N–H and O–H groups in total. The average Bonchev–Trinajstić information content (AvgIpc) is 2.90. The number of hydrogen-bond donors (Lipinski definition) is 1. The zero-order valence-corrected chi connectivity index (χ0v) is 15.3. The Labute approximate surface area is 147 Å². The smallest absolute Gasteiger partial charge is 0.321 e. The fraction of sp³-hybridized carbons (Fsp3) is 0.529. The lowest BCUT2D eigenvalue weighted by Crippen LogP contribution is -2.36. The summed E-state index contributed by atoms with van der Waals surface area (Å²) in [5.74, 6) is 0.842. The van der Waals surface area contributed by atoms with Gasteiger partial charge in [-0.2, -0.15) is 0 Å². The minimum absolute atomic E-state index is 0.159. The monoisotopic (exact) mass is 353 g/mol. The first kappa shape index (κ1) is 18.4. The molecular formula is C17H24ClN3O3. The Morgan fingerprint density at radius 3 is 2.79 bits per heavy atom. The molecule has 1 atom stereocenters. The van der Waals surface area contributed by atoms with Gasteiger partial charge in [0.1, 0.15) is 5.75 Å². The molecule has 2 rings (SSSR count). The van der Waals surface area contributed by atoms with Crippen LogP contribution >= 0.6 is 11.6 Å². The van der Waals surface area contributed by atoms with Gasteiger partial charge in [-0.1, -0.05) is 11.6 Å². The maximum absolute atomic E-state index is 12.4. The number of hydrogen-bond acceptors (Lipinski definition) is 3. The predicted octanol–water partition coefficient (Wildman–Crippen LogP) is 2.99. The molecule has 24 heavy (non-hydrogen) atoms. The topological polar surface area (TPSA) is 61.9 Å². The van der Waals surface area contributed by atoms with E-state index in [-0.39, 0.29) is 17.9 Å². The third-order valence-corrected chi connectivity index (χ3v) is 4.68. The molecule has 6 nitrogen and oxygen atoms in total. The van der Waals surface area contributed by atoms with E-state index in [2.05, 4.69) is 5.32 Å². The van der Waals surface area contributed by atoms with E-state index in [1.807, 2.05) is 18.7 Å². The molecule has 7 heteroatoms. The quantitative estimate of drug-likeness (QED) is 0.885. The number of rotatable bonds is 5. The summed E-state index contributed by atoms with van der Waals surface area (Å²) in [4.78, 5) is 27.6. The van der Waals surface area contributed by atoms with Crippen LogP contribution in [0.4, 0.5) is 10.5 Å². The summed E-state index contributed by atoms with van der Waals surface area (Å²) >= 11 is 6.08. The molecule has 0 saturated carbocycles. The number of halogens is 1. The van der Waals surface area contributed by atoms with Crippen LogP contribution in [-0.4, -0.2) is 55.5 Å². The van der Waals surface area contributed by atoms with Crippen LogP contribution in [0.15, 0.2) is 12.1 Å². The molecule has 132 valence electrons. The Bertz CT molecular complexity index is 636. The summed E-state index contributed by atoms with van der Waals surface area (Å²) < 4.78 is 5.27. The number of anilines is 1. The van der Waals surface area contributed by atoms with Crippen molar-refractivity contribution in [3.05, 3.63) is 22.7 Å². The number of carbonyl (C=O) groups is 2. The molecule has 0 bridgehead atoms. The number of benzene rings is 1. The van der Waals surface area contributed by atoms with Crippen LogP contribution in [0, 0.1) is 12.8 Å². The molecule has 1 aromatic rings. The summed E-state index contributed by atoms with van der Waals surface area (Å²) in [6, 6.07) is 3.23. The predicted molar refractivity (Wildman–Crippen MR) is 94.8 cm³/mol. The Morgan fingerprint density at radius 1 is 1.50 bits per heavy atom. The molecule has 1 unspecified atom stereocenters. The van der Waals surface area contributed by atoms with Gasteiger partial charge < -0.3 is 19.9 Å². The van der Waals surface area contributed by atoms with Crippen molar-refractivity contribution >= 4 is 29.2 Å². The summed E-state index contributed by atoms with van der Waals surface area (Å²) in [5.41, 5.74) is 1.43. The van der Waals surface area contributed by atoms with Crippen LogP contribution in [0.3, 0.4) is 0 Å². The zero-order chi connectivity index (χ0) is 17.9. The molecular weight excluding hydrogens is 330 g/mol. The molecule has 0 aliphatic carbocycles. The second-order valence-electron chi connectivity index (χ2n) is 6.11. The number of carbonyl (C=O) groups excluding carboxylic acids is 2. The van der Waals surface area contributed by atoms with E-state index in [1.165, 1.54) is 7.11 Å². The first-order valence-electron chi connectivity index (χ1n) is 7.99. The molecule has 0 spiro atoms. The number of amides is 3. The number of ether oxygens (including phenoxy) is 1. The number of aryl methyl sites for hydroxylation is 1. The van der Waals surface area contributed by atoms with Crippen LogP contribution in [0.25, 0.3) is 0 Å². The van der Waals surface area contributed by atoms with E-state index in [9.17, 15) is 9.59 Å². The van der Waals surface area contributed by atoms with E-state index in [1.54, 1.807) is 24.1 Å². The van der Waals surface area contributed by atoms with Gasteiger partial charge in [-0.15, -0.1) is 0 Å². The first-order chi connectivity index (χ1) is 11.3. The molecule has 1 aliphatic rings. The van der Waals surface area contributed by atoms with Gasteiger partial charge in [-0.25, -0.2) is 4.79 Å². The third-order valence-electron chi connectivity index (χ3n) is 4.28. The molecule has 0 aromatic heterocycles. The van der Waals surface area contributed by atoms with Gasteiger partial charge in [0.2, 0.25) is 5.91 Å². The third kappa shape index (κ3) is 4.12. The van der Waals surface area contributed by atoms with Crippen molar-refractivity contribution in [2.24, 2.45) is 5.92 Å². The highest BCUT2D eigenvalue weighted by molar-refractivity contribution is 6.31. The second-order valence-corrected chi connectivity index (χ2v) is 6.52. The van der Waals surface area contributed by atoms with E-state index < -0.39 is 0 Å². The van der Waals surface area contributed by atoms with Gasteiger partial charge in [0, 0.05) is 50.1 Å². The van der Waals surface area contributed by atoms with Crippen molar-refractivity contribution < 1.29 is 14.3 Å². The van der Waals surface area contributed by atoms with Crippen LogP contribution in [0.1, 0.15) is 18.9 Å². The molecule has 1 fully saturated rings. The number of likely N-dealkylation sites (tertiary alicyclic amines) is 1. The van der Waals surface area contributed by atoms with E-state index in [0.717, 1.165) is 5.56 Å². The van der Waals surface area contributed by atoms with Gasteiger partial charge in [0.15, 0.2) is 0 Å². The molecule has 1 aliphatic heterocycles. The van der Waals surface area contributed by atoms with Gasteiger partial charge in [-0.05, 0) is 25.5 Å². The molecule has 1 heterocycles. The van der Waals surface area contributed by atoms with E-state index in [0.29, 0.717) is 42.5 Å². The van der Waals surface area contributed by atoms with Gasteiger partial charge in [-0.3, -0.25) is 4.79 Å². The highest BCUT2D eigenvalue weighted by Crippen LogP contribution is 2.31.